The first-order chi connectivity index (χ1) is 9.49. The van der Waals surface area contributed by atoms with Crippen LogP contribution in [-0.2, 0) is 16.0 Å². The lowest BCUT2D eigenvalue weighted by Gasteiger charge is -2.18. The van der Waals surface area contributed by atoms with Crippen molar-refractivity contribution in [2.24, 2.45) is 11.8 Å². The molecule has 1 atom stereocenters. The Labute approximate surface area is 118 Å². The maximum atomic E-state index is 12.1. The molecule has 1 aromatic rings. The molecule has 110 valence electrons. The maximum absolute atomic E-state index is 12.1. The zero-order valence-corrected chi connectivity index (χ0v) is 12.2. The second kappa shape index (κ2) is 6.07. The van der Waals surface area contributed by atoms with Gasteiger partial charge in [-0.15, -0.1) is 0 Å². The summed E-state index contributed by atoms with van der Waals surface area (Å²) in [5.74, 6) is 0.650. The predicted octanol–water partition coefficient (Wildman–Crippen LogP) is 1.68. The molecule has 1 aliphatic rings. The highest BCUT2D eigenvalue weighted by Gasteiger charge is 2.34. The van der Waals surface area contributed by atoms with Crippen molar-refractivity contribution in [3.8, 4) is 0 Å². The van der Waals surface area contributed by atoms with Crippen molar-refractivity contribution in [2.75, 3.05) is 18.4 Å². The van der Waals surface area contributed by atoms with Crippen molar-refractivity contribution in [3.05, 3.63) is 12.0 Å². The summed E-state index contributed by atoms with van der Waals surface area (Å²) in [4.78, 5) is 29.7. The van der Waals surface area contributed by atoms with Crippen molar-refractivity contribution in [2.45, 2.75) is 33.6 Å². The molecular weight excluding hydrogens is 258 g/mol. The molecule has 1 unspecified atom stereocenters. The number of oxazole rings is 1. The quantitative estimate of drug-likeness (QED) is 0.889. The molecule has 0 bridgehead atoms. The highest BCUT2D eigenvalue weighted by atomic mass is 16.4. The number of aryl methyl sites for hydroxylation is 1. The van der Waals surface area contributed by atoms with Crippen LogP contribution in [0.25, 0.3) is 0 Å². The molecule has 2 rings (SSSR count). The van der Waals surface area contributed by atoms with Crippen LogP contribution in [0.5, 0.6) is 0 Å². The van der Waals surface area contributed by atoms with Gasteiger partial charge in [-0.25, -0.2) is 4.98 Å². The van der Waals surface area contributed by atoms with Crippen LogP contribution in [0.3, 0.4) is 0 Å². The summed E-state index contributed by atoms with van der Waals surface area (Å²) in [5, 5.41) is 2.64. The zero-order chi connectivity index (χ0) is 14.7. The summed E-state index contributed by atoms with van der Waals surface area (Å²) in [6.07, 6.45) is 2.59. The monoisotopic (exact) mass is 279 g/mol. The van der Waals surface area contributed by atoms with Gasteiger partial charge < -0.3 is 9.32 Å². The van der Waals surface area contributed by atoms with Gasteiger partial charge in [0.05, 0.1) is 12.1 Å². The Morgan fingerprint density at radius 1 is 1.60 bits per heavy atom. The Bertz CT molecular complexity index is 496. The largest absolute Gasteiger partial charge is 0.429 e. The maximum Gasteiger partial charge on any atom is 0.301 e. The number of hydrogen-bond donors (Lipinski definition) is 1. The van der Waals surface area contributed by atoms with Crippen LogP contribution in [0.1, 0.15) is 33.0 Å². The van der Waals surface area contributed by atoms with Crippen molar-refractivity contribution < 1.29 is 14.0 Å². The number of carbonyl (C=O) groups is 2. The summed E-state index contributed by atoms with van der Waals surface area (Å²) in [5.41, 5.74) is 0. The predicted molar refractivity (Wildman–Crippen MR) is 74.0 cm³/mol. The first-order valence-electron chi connectivity index (χ1n) is 7.03. The third-order valence-electron chi connectivity index (χ3n) is 3.30. The topological polar surface area (TPSA) is 75.4 Å². The molecule has 6 nitrogen and oxygen atoms in total. The van der Waals surface area contributed by atoms with E-state index in [0.717, 1.165) is 12.2 Å². The Hall–Kier alpha value is -1.85. The highest BCUT2D eigenvalue weighted by Crippen LogP contribution is 2.21. The summed E-state index contributed by atoms with van der Waals surface area (Å²) < 4.78 is 5.34. The second-order valence-electron chi connectivity index (χ2n) is 5.57. The van der Waals surface area contributed by atoms with Gasteiger partial charge in [-0.3, -0.25) is 14.9 Å². The average molecular weight is 279 g/mol. The number of aromatic nitrogens is 1. The van der Waals surface area contributed by atoms with Crippen molar-refractivity contribution in [1.82, 2.24) is 9.88 Å². The SMILES string of the molecule is CCc1cnc(NC(=O)C2CC(=O)N(CC(C)C)C2)o1. The van der Waals surface area contributed by atoms with E-state index in [9.17, 15) is 9.59 Å². The molecule has 0 aliphatic carbocycles. The molecule has 1 N–H and O–H groups in total. The molecule has 2 heterocycles. The summed E-state index contributed by atoms with van der Waals surface area (Å²) in [6.45, 7) is 7.23. The van der Waals surface area contributed by atoms with Crippen LogP contribution in [-0.4, -0.2) is 34.8 Å². The van der Waals surface area contributed by atoms with Crippen molar-refractivity contribution >= 4 is 17.8 Å². The molecule has 1 fully saturated rings. The Morgan fingerprint density at radius 2 is 2.35 bits per heavy atom. The summed E-state index contributed by atoms with van der Waals surface area (Å²) in [6, 6.07) is 0.210. The summed E-state index contributed by atoms with van der Waals surface area (Å²) >= 11 is 0. The molecule has 0 aromatic carbocycles. The smallest absolute Gasteiger partial charge is 0.301 e. The fraction of sp³-hybridized carbons (Fsp3) is 0.643. The number of amides is 2. The van der Waals surface area contributed by atoms with Gasteiger partial charge in [0, 0.05) is 25.9 Å². The third-order valence-corrected chi connectivity index (χ3v) is 3.30. The minimum Gasteiger partial charge on any atom is -0.429 e. The zero-order valence-electron chi connectivity index (χ0n) is 12.2. The molecular formula is C14H21N3O3. The molecule has 20 heavy (non-hydrogen) atoms. The number of nitrogens with one attached hydrogen (secondary N) is 1. The van der Waals surface area contributed by atoms with Gasteiger partial charge in [-0.2, -0.15) is 0 Å². The molecule has 6 heteroatoms. The van der Waals surface area contributed by atoms with Crippen molar-refractivity contribution in [1.29, 1.82) is 0 Å². The lowest BCUT2D eigenvalue weighted by molar-refractivity contribution is -0.128. The van der Waals surface area contributed by atoms with Gasteiger partial charge in [0.2, 0.25) is 11.8 Å². The number of hydrogen-bond acceptors (Lipinski definition) is 4. The lowest BCUT2D eigenvalue weighted by atomic mass is 10.1. The number of anilines is 1. The van der Waals surface area contributed by atoms with E-state index < -0.39 is 0 Å². The number of nitrogens with zero attached hydrogens (tertiary/aromatic N) is 2. The number of carbonyl (C=O) groups excluding carboxylic acids is 2. The Kier molecular flexibility index (Phi) is 4.42. The first kappa shape index (κ1) is 14.6. The van der Waals surface area contributed by atoms with E-state index in [1.54, 1.807) is 11.1 Å². The van der Waals surface area contributed by atoms with Crippen LogP contribution >= 0.6 is 0 Å². The lowest BCUT2D eigenvalue weighted by Crippen LogP contribution is -2.31. The molecule has 1 aromatic heterocycles. The minimum atomic E-state index is -0.321. The molecule has 1 saturated heterocycles. The molecule has 0 spiro atoms. The normalized spacial score (nSPS) is 18.9. The first-order valence-corrected chi connectivity index (χ1v) is 7.03. The minimum absolute atomic E-state index is 0.0421. The Morgan fingerprint density at radius 3 is 2.95 bits per heavy atom. The second-order valence-corrected chi connectivity index (χ2v) is 5.57. The third kappa shape index (κ3) is 3.37. The highest BCUT2D eigenvalue weighted by molar-refractivity contribution is 5.95. The number of likely N-dealkylation sites (tertiary alicyclic amines) is 1. The number of rotatable bonds is 5. The van der Waals surface area contributed by atoms with E-state index in [4.69, 9.17) is 4.42 Å². The van der Waals surface area contributed by atoms with Crippen LogP contribution in [0.4, 0.5) is 6.01 Å². The van der Waals surface area contributed by atoms with Gasteiger partial charge in [0.1, 0.15) is 5.76 Å². The van der Waals surface area contributed by atoms with E-state index in [-0.39, 0.29) is 30.2 Å². The summed E-state index contributed by atoms with van der Waals surface area (Å²) in [7, 11) is 0. The van der Waals surface area contributed by atoms with Gasteiger partial charge in [0.25, 0.3) is 0 Å². The molecule has 2 amide bonds. The van der Waals surface area contributed by atoms with Crippen molar-refractivity contribution in [3.63, 3.8) is 0 Å². The fourth-order valence-corrected chi connectivity index (χ4v) is 2.30. The van der Waals surface area contributed by atoms with E-state index in [1.165, 1.54) is 0 Å². The van der Waals surface area contributed by atoms with Crippen LogP contribution in [0.2, 0.25) is 0 Å². The van der Waals surface area contributed by atoms with E-state index in [1.807, 2.05) is 6.92 Å². The fourth-order valence-electron chi connectivity index (χ4n) is 2.30. The molecule has 1 aliphatic heterocycles. The molecule has 0 radical (unpaired) electrons. The van der Waals surface area contributed by atoms with Crippen LogP contribution < -0.4 is 5.32 Å². The van der Waals surface area contributed by atoms with E-state index in [2.05, 4.69) is 24.1 Å². The van der Waals surface area contributed by atoms with Crippen LogP contribution in [0.15, 0.2) is 10.6 Å². The standard InChI is InChI=1S/C14H21N3O3/c1-4-11-6-15-14(20-11)16-13(19)10-5-12(18)17(8-10)7-9(2)3/h6,9-10H,4-5,7-8H2,1-3H3,(H,15,16,19). The van der Waals surface area contributed by atoms with Gasteiger partial charge in [-0.05, 0) is 5.92 Å². The van der Waals surface area contributed by atoms with Gasteiger partial charge in [-0.1, -0.05) is 20.8 Å². The van der Waals surface area contributed by atoms with E-state index >= 15 is 0 Å². The molecule has 0 saturated carbocycles. The van der Waals surface area contributed by atoms with E-state index in [0.29, 0.717) is 19.0 Å². The average Bonchev–Trinajstić information content (AvgIpc) is 2.96. The van der Waals surface area contributed by atoms with Crippen LogP contribution in [0, 0.1) is 11.8 Å². The Balaban J connectivity index is 1.92. The van der Waals surface area contributed by atoms with Gasteiger partial charge in [0.15, 0.2) is 0 Å². The van der Waals surface area contributed by atoms with Gasteiger partial charge >= 0.3 is 6.01 Å².